The fourth-order valence-corrected chi connectivity index (χ4v) is 1.51. The van der Waals surface area contributed by atoms with Gasteiger partial charge in [0, 0.05) is 5.02 Å². The Hall–Kier alpha value is -2.28. The minimum atomic E-state index is 0.134. The van der Waals surface area contributed by atoms with E-state index in [1.54, 1.807) is 18.2 Å². The number of nitrogen functional groups attached to an aromatic ring is 1. The maximum absolute atomic E-state index is 5.90. The smallest absolute Gasteiger partial charge is 0.324 e. The molecule has 1 aromatic heterocycles. The number of rotatable bonds is 4. The highest BCUT2D eigenvalue weighted by molar-refractivity contribution is 6.31. The predicted molar refractivity (Wildman–Crippen MR) is 72.1 cm³/mol. The van der Waals surface area contributed by atoms with E-state index in [1.165, 1.54) is 14.2 Å². The van der Waals surface area contributed by atoms with Crippen LogP contribution in [0.1, 0.15) is 0 Å². The van der Waals surface area contributed by atoms with Crippen molar-refractivity contribution in [3.63, 3.8) is 0 Å². The van der Waals surface area contributed by atoms with Gasteiger partial charge in [-0.3, -0.25) is 0 Å². The van der Waals surface area contributed by atoms with Crippen LogP contribution in [0.25, 0.3) is 0 Å². The minimum Gasteiger partial charge on any atom is -0.467 e. The number of anilines is 3. The van der Waals surface area contributed by atoms with E-state index in [0.717, 1.165) is 0 Å². The summed E-state index contributed by atoms with van der Waals surface area (Å²) in [4.78, 5) is 12.0. The zero-order valence-corrected chi connectivity index (χ0v) is 11.1. The lowest BCUT2D eigenvalue weighted by molar-refractivity contribution is 0.341. The van der Waals surface area contributed by atoms with Crippen molar-refractivity contribution in [2.45, 2.75) is 0 Å². The van der Waals surface area contributed by atoms with Gasteiger partial charge in [-0.2, -0.15) is 9.97 Å². The highest BCUT2D eigenvalue weighted by atomic mass is 35.5. The van der Waals surface area contributed by atoms with Crippen LogP contribution in [-0.2, 0) is 0 Å². The van der Waals surface area contributed by atoms with E-state index < -0.39 is 0 Å². The monoisotopic (exact) mass is 281 g/mol. The van der Waals surface area contributed by atoms with E-state index in [-0.39, 0.29) is 18.0 Å². The second-order valence-corrected chi connectivity index (χ2v) is 3.93. The largest absolute Gasteiger partial charge is 0.467 e. The van der Waals surface area contributed by atoms with Gasteiger partial charge in [0.25, 0.3) is 0 Å². The number of nitrogens with one attached hydrogen (secondary N) is 1. The van der Waals surface area contributed by atoms with E-state index >= 15 is 0 Å². The average molecular weight is 282 g/mol. The molecule has 1 aromatic carbocycles. The zero-order valence-electron chi connectivity index (χ0n) is 10.3. The van der Waals surface area contributed by atoms with Gasteiger partial charge >= 0.3 is 12.0 Å². The van der Waals surface area contributed by atoms with Gasteiger partial charge in [-0.25, -0.2) is 0 Å². The van der Waals surface area contributed by atoms with Crippen molar-refractivity contribution in [3.05, 3.63) is 23.2 Å². The second kappa shape index (κ2) is 5.57. The van der Waals surface area contributed by atoms with E-state index in [9.17, 15) is 0 Å². The molecule has 0 atom stereocenters. The summed E-state index contributed by atoms with van der Waals surface area (Å²) in [5.41, 5.74) is 6.93. The lowest BCUT2D eigenvalue weighted by Gasteiger charge is -2.09. The van der Waals surface area contributed by atoms with Crippen LogP contribution >= 0.6 is 11.6 Å². The number of halogens is 1. The molecule has 0 fully saturated rings. The minimum absolute atomic E-state index is 0.134. The highest BCUT2D eigenvalue weighted by Gasteiger charge is 2.09. The Morgan fingerprint density at radius 2 is 1.74 bits per heavy atom. The molecule has 0 bridgehead atoms. The third-order valence-corrected chi connectivity index (χ3v) is 2.46. The normalized spacial score (nSPS) is 10.1. The standard InChI is InChI=1S/C11H12ClN5O2/c1-18-10-15-9(16-11(17-10)19-2)14-8-5-6(12)3-4-7(8)13/h3-5H,13H2,1-2H3,(H,14,15,16,17). The van der Waals surface area contributed by atoms with E-state index in [0.29, 0.717) is 16.4 Å². The van der Waals surface area contributed by atoms with Crippen LogP contribution in [0.2, 0.25) is 5.02 Å². The maximum atomic E-state index is 5.90. The number of hydrogen-bond acceptors (Lipinski definition) is 7. The molecule has 0 amide bonds. The lowest BCUT2D eigenvalue weighted by atomic mass is 10.3. The lowest BCUT2D eigenvalue weighted by Crippen LogP contribution is -2.05. The average Bonchev–Trinajstić information content (AvgIpc) is 2.42. The molecule has 0 radical (unpaired) electrons. The van der Waals surface area contributed by atoms with Gasteiger partial charge in [0.2, 0.25) is 5.95 Å². The number of nitrogens with zero attached hydrogens (tertiary/aromatic N) is 3. The molecule has 7 nitrogen and oxygen atoms in total. The summed E-state index contributed by atoms with van der Waals surface area (Å²) in [6.07, 6.45) is 0. The van der Waals surface area contributed by atoms with Gasteiger partial charge in [0.05, 0.1) is 25.6 Å². The molecule has 19 heavy (non-hydrogen) atoms. The zero-order chi connectivity index (χ0) is 13.8. The van der Waals surface area contributed by atoms with E-state index in [1.807, 2.05) is 0 Å². The fraction of sp³-hybridized carbons (Fsp3) is 0.182. The second-order valence-electron chi connectivity index (χ2n) is 3.49. The molecule has 100 valence electrons. The Labute approximate surface area is 114 Å². The number of benzene rings is 1. The van der Waals surface area contributed by atoms with Gasteiger partial charge in [-0.05, 0) is 18.2 Å². The van der Waals surface area contributed by atoms with Crippen LogP contribution in [0.15, 0.2) is 18.2 Å². The first-order valence-electron chi connectivity index (χ1n) is 5.28. The maximum Gasteiger partial charge on any atom is 0.324 e. The molecule has 0 aliphatic heterocycles. The number of aromatic nitrogens is 3. The van der Waals surface area contributed by atoms with Gasteiger partial charge in [-0.15, -0.1) is 4.98 Å². The van der Waals surface area contributed by atoms with Crippen LogP contribution in [0, 0.1) is 0 Å². The Bertz CT molecular complexity index is 571. The summed E-state index contributed by atoms with van der Waals surface area (Å²) in [6, 6.07) is 5.31. The first-order chi connectivity index (χ1) is 9.12. The molecule has 1 heterocycles. The molecule has 3 N–H and O–H groups in total. The number of nitrogens with two attached hydrogens (primary N) is 1. The van der Waals surface area contributed by atoms with Crippen molar-refractivity contribution in [2.24, 2.45) is 0 Å². The number of ether oxygens (including phenoxy) is 2. The molecule has 0 aliphatic rings. The first-order valence-corrected chi connectivity index (χ1v) is 5.66. The van der Waals surface area contributed by atoms with Crippen LogP contribution in [0.5, 0.6) is 12.0 Å². The van der Waals surface area contributed by atoms with Crippen molar-refractivity contribution in [1.82, 2.24) is 15.0 Å². The number of hydrogen-bond donors (Lipinski definition) is 2. The summed E-state index contributed by atoms with van der Waals surface area (Å²) in [7, 11) is 2.90. The Morgan fingerprint density at radius 3 is 2.32 bits per heavy atom. The molecule has 0 spiro atoms. The quantitative estimate of drug-likeness (QED) is 0.826. The van der Waals surface area contributed by atoms with Crippen molar-refractivity contribution in [2.75, 3.05) is 25.3 Å². The summed E-state index contributed by atoms with van der Waals surface area (Å²) in [5, 5.41) is 3.48. The third kappa shape index (κ3) is 3.14. The summed E-state index contributed by atoms with van der Waals surface area (Å²) in [6.45, 7) is 0. The molecule has 0 saturated heterocycles. The molecular formula is C11H12ClN5O2. The molecule has 2 aromatic rings. The SMILES string of the molecule is COc1nc(Nc2cc(Cl)ccc2N)nc(OC)n1. The van der Waals surface area contributed by atoms with Gasteiger partial charge in [0.1, 0.15) is 0 Å². The first kappa shape index (κ1) is 13.2. The van der Waals surface area contributed by atoms with Crippen LogP contribution in [-0.4, -0.2) is 29.2 Å². The Balaban J connectivity index is 2.34. The van der Waals surface area contributed by atoms with Gasteiger partial charge in [-0.1, -0.05) is 11.6 Å². The molecule has 0 saturated carbocycles. The molecule has 2 rings (SSSR count). The Morgan fingerprint density at radius 1 is 1.11 bits per heavy atom. The molecule has 8 heteroatoms. The van der Waals surface area contributed by atoms with Crippen LogP contribution < -0.4 is 20.5 Å². The van der Waals surface area contributed by atoms with Crippen molar-refractivity contribution < 1.29 is 9.47 Å². The topological polar surface area (TPSA) is 95.2 Å². The molecular weight excluding hydrogens is 270 g/mol. The van der Waals surface area contributed by atoms with Crippen LogP contribution in [0.3, 0.4) is 0 Å². The van der Waals surface area contributed by atoms with Crippen molar-refractivity contribution in [1.29, 1.82) is 0 Å². The fourth-order valence-electron chi connectivity index (χ4n) is 1.33. The summed E-state index contributed by atoms with van der Waals surface area (Å²) in [5.74, 6) is 0.248. The van der Waals surface area contributed by atoms with Gasteiger partial charge in [0.15, 0.2) is 0 Å². The van der Waals surface area contributed by atoms with E-state index in [4.69, 9.17) is 26.8 Å². The van der Waals surface area contributed by atoms with Crippen LogP contribution in [0.4, 0.5) is 17.3 Å². The predicted octanol–water partition coefficient (Wildman–Crippen LogP) is 1.87. The highest BCUT2D eigenvalue weighted by Crippen LogP contribution is 2.26. The molecule has 0 unspecified atom stereocenters. The van der Waals surface area contributed by atoms with Crippen molar-refractivity contribution in [3.8, 4) is 12.0 Å². The summed E-state index contributed by atoms with van der Waals surface area (Å²) < 4.78 is 9.90. The summed E-state index contributed by atoms with van der Waals surface area (Å²) >= 11 is 5.90. The molecule has 0 aliphatic carbocycles. The van der Waals surface area contributed by atoms with Crippen molar-refractivity contribution >= 4 is 28.9 Å². The van der Waals surface area contributed by atoms with Gasteiger partial charge < -0.3 is 20.5 Å². The Kier molecular flexibility index (Phi) is 3.86. The third-order valence-electron chi connectivity index (χ3n) is 2.22. The number of methoxy groups -OCH3 is 2. The van der Waals surface area contributed by atoms with E-state index in [2.05, 4.69) is 20.3 Å².